The number of carbonyl (C=O) groups is 1. The standard InChI is InChI=1S/C20H23FN2O4S/c1-13(2)19(22-28(25,26)17-8-6-16(27-3)7-9-17)20(24)23-11-10-14-4-5-15(21)12-18(14)23/h4-9,12-13,19,22H,10-11H2,1-3H3/t19-/m0/s1. The molecule has 28 heavy (non-hydrogen) atoms. The number of carbonyl (C=O) groups excluding carboxylic acids is 1. The molecule has 1 aliphatic rings. The lowest BCUT2D eigenvalue weighted by atomic mass is 10.0. The molecule has 6 nitrogen and oxygen atoms in total. The Balaban J connectivity index is 1.86. The van der Waals surface area contributed by atoms with Gasteiger partial charge in [-0.3, -0.25) is 4.79 Å². The van der Waals surface area contributed by atoms with Crippen LogP contribution < -0.4 is 14.4 Å². The van der Waals surface area contributed by atoms with Gasteiger partial charge in [-0.1, -0.05) is 19.9 Å². The Morgan fingerprint density at radius 1 is 1.18 bits per heavy atom. The number of hydrogen-bond acceptors (Lipinski definition) is 4. The van der Waals surface area contributed by atoms with Gasteiger partial charge in [-0.05, 0) is 54.3 Å². The number of fused-ring (bicyclic) bond motifs is 1. The van der Waals surface area contributed by atoms with E-state index in [0.717, 1.165) is 5.56 Å². The summed E-state index contributed by atoms with van der Waals surface area (Å²) in [5.74, 6) is -0.584. The summed E-state index contributed by atoms with van der Waals surface area (Å²) >= 11 is 0. The second-order valence-electron chi connectivity index (χ2n) is 7.03. The summed E-state index contributed by atoms with van der Waals surface area (Å²) in [5, 5.41) is 0. The highest BCUT2D eigenvalue weighted by molar-refractivity contribution is 7.89. The first-order valence-corrected chi connectivity index (χ1v) is 10.5. The molecule has 0 aromatic heterocycles. The molecule has 0 saturated carbocycles. The van der Waals surface area contributed by atoms with Crippen molar-refractivity contribution in [2.24, 2.45) is 5.92 Å². The van der Waals surface area contributed by atoms with Crippen LogP contribution in [0.25, 0.3) is 0 Å². The number of benzene rings is 2. The van der Waals surface area contributed by atoms with E-state index in [0.29, 0.717) is 24.4 Å². The summed E-state index contributed by atoms with van der Waals surface area (Å²) in [7, 11) is -2.42. The predicted molar refractivity (Wildman–Crippen MR) is 104 cm³/mol. The van der Waals surface area contributed by atoms with Gasteiger partial charge in [0, 0.05) is 12.2 Å². The zero-order valence-corrected chi connectivity index (χ0v) is 16.8. The number of amides is 1. The van der Waals surface area contributed by atoms with Crippen LogP contribution >= 0.6 is 0 Å². The highest BCUT2D eigenvalue weighted by atomic mass is 32.2. The largest absolute Gasteiger partial charge is 0.497 e. The molecule has 0 bridgehead atoms. The van der Waals surface area contributed by atoms with Crippen molar-refractivity contribution in [3.05, 3.63) is 53.8 Å². The van der Waals surface area contributed by atoms with Gasteiger partial charge in [0.2, 0.25) is 15.9 Å². The van der Waals surface area contributed by atoms with Crippen LogP contribution in [0.3, 0.4) is 0 Å². The third-order valence-electron chi connectivity index (χ3n) is 4.79. The van der Waals surface area contributed by atoms with Gasteiger partial charge >= 0.3 is 0 Å². The van der Waals surface area contributed by atoms with Gasteiger partial charge in [-0.25, -0.2) is 12.8 Å². The molecule has 1 N–H and O–H groups in total. The number of halogens is 1. The molecule has 0 spiro atoms. The third-order valence-corrected chi connectivity index (χ3v) is 6.25. The molecule has 0 radical (unpaired) electrons. The number of hydrogen-bond donors (Lipinski definition) is 1. The van der Waals surface area contributed by atoms with Gasteiger partial charge in [0.25, 0.3) is 0 Å². The van der Waals surface area contributed by atoms with E-state index < -0.39 is 27.8 Å². The summed E-state index contributed by atoms with van der Waals surface area (Å²) in [6.07, 6.45) is 0.609. The van der Waals surface area contributed by atoms with E-state index in [1.54, 1.807) is 32.0 Å². The summed E-state index contributed by atoms with van der Waals surface area (Å²) < 4.78 is 46.8. The highest BCUT2D eigenvalue weighted by Crippen LogP contribution is 2.30. The van der Waals surface area contributed by atoms with Crippen LogP contribution in [0, 0.1) is 11.7 Å². The second-order valence-corrected chi connectivity index (χ2v) is 8.75. The Morgan fingerprint density at radius 3 is 2.46 bits per heavy atom. The number of anilines is 1. The Hall–Kier alpha value is -2.45. The molecule has 1 amide bonds. The minimum Gasteiger partial charge on any atom is -0.497 e. The zero-order chi connectivity index (χ0) is 20.5. The second kappa shape index (κ2) is 7.89. The fourth-order valence-electron chi connectivity index (χ4n) is 3.21. The van der Waals surface area contributed by atoms with Crippen LogP contribution in [-0.4, -0.2) is 34.0 Å². The molecule has 0 saturated heterocycles. The maximum absolute atomic E-state index is 13.7. The van der Waals surface area contributed by atoms with Crippen molar-refractivity contribution in [2.45, 2.75) is 31.2 Å². The van der Waals surface area contributed by atoms with Crippen molar-refractivity contribution in [1.82, 2.24) is 4.72 Å². The summed E-state index contributed by atoms with van der Waals surface area (Å²) in [5.41, 5.74) is 1.37. The lowest BCUT2D eigenvalue weighted by Gasteiger charge is -2.27. The fourth-order valence-corrected chi connectivity index (χ4v) is 4.55. The van der Waals surface area contributed by atoms with Gasteiger partial charge < -0.3 is 9.64 Å². The summed E-state index contributed by atoms with van der Waals surface area (Å²) in [4.78, 5) is 14.6. The molecule has 1 aliphatic heterocycles. The molecule has 0 unspecified atom stereocenters. The number of sulfonamides is 1. The maximum atomic E-state index is 13.7. The van der Waals surface area contributed by atoms with Gasteiger partial charge in [-0.15, -0.1) is 0 Å². The minimum atomic E-state index is -3.92. The van der Waals surface area contributed by atoms with Crippen molar-refractivity contribution in [1.29, 1.82) is 0 Å². The molecule has 0 aliphatic carbocycles. The van der Waals surface area contributed by atoms with Crippen molar-refractivity contribution < 1.29 is 22.3 Å². The van der Waals surface area contributed by atoms with Gasteiger partial charge in [0.1, 0.15) is 17.6 Å². The van der Waals surface area contributed by atoms with Crippen LogP contribution in [0.5, 0.6) is 5.75 Å². The normalized spacial score (nSPS) is 14.8. The Labute approximate surface area is 164 Å². The van der Waals surface area contributed by atoms with E-state index in [1.807, 2.05) is 0 Å². The maximum Gasteiger partial charge on any atom is 0.245 e. The van der Waals surface area contributed by atoms with E-state index in [9.17, 15) is 17.6 Å². The van der Waals surface area contributed by atoms with E-state index >= 15 is 0 Å². The summed E-state index contributed by atoms with van der Waals surface area (Å²) in [6.45, 7) is 3.93. The average molecular weight is 406 g/mol. The summed E-state index contributed by atoms with van der Waals surface area (Å²) in [6, 6.07) is 9.29. The van der Waals surface area contributed by atoms with E-state index in [2.05, 4.69) is 4.72 Å². The van der Waals surface area contributed by atoms with E-state index in [-0.39, 0.29) is 10.8 Å². The van der Waals surface area contributed by atoms with E-state index in [1.165, 1.54) is 36.3 Å². The molecular formula is C20H23FN2O4S. The molecule has 2 aromatic carbocycles. The van der Waals surface area contributed by atoms with Crippen LogP contribution in [0.4, 0.5) is 10.1 Å². The lowest BCUT2D eigenvalue weighted by molar-refractivity contribution is -0.121. The SMILES string of the molecule is COc1ccc(S(=O)(=O)N[C@H](C(=O)N2CCc3ccc(F)cc32)C(C)C)cc1. The van der Waals surface area contributed by atoms with E-state index in [4.69, 9.17) is 4.74 Å². The number of methoxy groups -OCH3 is 1. The number of ether oxygens (including phenoxy) is 1. The molecular weight excluding hydrogens is 383 g/mol. The first-order valence-electron chi connectivity index (χ1n) is 8.99. The van der Waals surface area contributed by atoms with Crippen LogP contribution in [0.2, 0.25) is 0 Å². The van der Waals surface area contributed by atoms with Crippen molar-refractivity contribution >= 4 is 21.6 Å². The molecule has 0 fully saturated rings. The molecule has 2 aromatic rings. The smallest absolute Gasteiger partial charge is 0.245 e. The third kappa shape index (κ3) is 4.02. The Kier molecular flexibility index (Phi) is 5.71. The van der Waals surface area contributed by atoms with Crippen LogP contribution in [0.15, 0.2) is 47.4 Å². The molecule has 1 atom stereocenters. The molecule has 3 rings (SSSR count). The molecule has 150 valence electrons. The van der Waals surface area contributed by atoms with Crippen LogP contribution in [0.1, 0.15) is 19.4 Å². The minimum absolute atomic E-state index is 0.0413. The van der Waals surface area contributed by atoms with Gasteiger partial charge in [0.15, 0.2) is 0 Å². The monoisotopic (exact) mass is 406 g/mol. The first kappa shape index (κ1) is 20.3. The number of nitrogens with zero attached hydrogens (tertiary/aromatic N) is 1. The number of rotatable bonds is 6. The zero-order valence-electron chi connectivity index (χ0n) is 16.0. The topological polar surface area (TPSA) is 75.7 Å². The average Bonchev–Trinajstić information content (AvgIpc) is 3.08. The highest BCUT2D eigenvalue weighted by Gasteiger charge is 2.35. The quantitative estimate of drug-likeness (QED) is 0.800. The molecule has 1 heterocycles. The Morgan fingerprint density at radius 2 is 1.86 bits per heavy atom. The Bertz CT molecular complexity index is 974. The molecule has 8 heteroatoms. The van der Waals surface area contributed by atoms with Crippen LogP contribution in [-0.2, 0) is 21.2 Å². The van der Waals surface area contributed by atoms with Gasteiger partial charge in [0.05, 0.1) is 12.0 Å². The van der Waals surface area contributed by atoms with Crippen molar-refractivity contribution in [3.63, 3.8) is 0 Å². The van der Waals surface area contributed by atoms with Crippen molar-refractivity contribution in [2.75, 3.05) is 18.6 Å². The predicted octanol–water partition coefficient (Wildman–Crippen LogP) is 2.73. The van der Waals surface area contributed by atoms with Gasteiger partial charge in [-0.2, -0.15) is 4.72 Å². The fraction of sp³-hybridized carbons (Fsp3) is 0.350. The van der Waals surface area contributed by atoms with Crippen molar-refractivity contribution in [3.8, 4) is 5.75 Å². The number of nitrogens with one attached hydrogen (secondary N) is 1. The first-order chi connectivity index (χ1) is 13.2. The lowest BCUT2D eigenvalue weighted by Crippen LogP contribution is -2.51.